The van der Waals surface area contributed by atoms with Gasteiger partial charge in [0.25, 0.3) is 0 Å². The molecule has 3 heterocycles. The number of carbonyl (C=O) groups excluding carboxylic acids is 3. The lowest BCUT2D eigenvalue weighted by Gasteiger charge is -2.34. The van der Waals surface area contributed by atoms with Gasteiger partial charge in [0, 0.05) is 6.20 Å². The van der Waals surface area contributed by atoms with Gasteiger partial charge >= 0.3 is 0 Å². The van der Waals surface area contributed by atoms with E-state index in [1.165, 1.54) is 25.1 Å². The van der Waals surface area contributed by atoms with Crippen molar-refractivity contribution in [3.8, 4) is 0 Å². The van der Waals surface area contributed by atoms with E-state index in [1.54, 1.807) is 12.3 Å². The van der Waals surface area contributed by atoms with Gasteiger partial charge < -0.3 is 4.90 Å². The summed E-state index contributed by atoms with van der Waals surface area (Å²) in [6.45, 7) is 1.43. The Labute approximate surface area is 161 Å². The van der Waals surface area contributed by atoms with Gasteiger partial charge in [-0.25, -0.2) is 9.29 Å². The Balaban J connectivity index is 1.67. The average molecular weight is 376 g/mol. The van der Waals surface area contributed by atoms with Gasteiger partial charge in [0.15, 0.2) is 5.78 Å². The van der Waals surface area contributed by atoms with Gasteiger partial charge in [-0.15, -0.1) is 0 Å². The number of ketones is 1. The molecule has 2 saturated heterocycles. The molecule has 0 aromatic heterocycles. The number of hydrogen-bond acceptors (Lipinski definition) is 4. The van der Waals surface area contributed by atoms with E-state index in [1.807, 2.05) is 35.2 Å². The molecule has 28 heavy (non-hydrogen) atoms. The van der Waals surface area contributed by atoms with E-state index < -0.39 is 41.6 Å². The van der Waals surface area contributed by atoms with Crippen LogP contribution in [-0.2, 0) is 14.4 Å². The Morgan fingerprint density at radius 1 is 0.964 bits per heavy atom. The number of Topliss-reactive ketones (excluding diaryl/α,β-unsaturated/α-hetero) is 1. The van der Waals surface area contributed by atoms with Crippen molar-refractivity contribution < 1.29 is 18.8 Å². The molecule has 0 N–H and O–H groups in total. The SMILES string of the molecule is CC(=O)C1C2C(=O)N(c3ccccc3F)C(=O)C2C2c3ccccc3C=CN12. The lowest BCUT2D eigenvalue weighted by molar-refractivity contribution is -0.129. The number of halogens is 1. The molecule has 2 fully saturated rings. The van der Waals surface area contributed by atoms with E-state index >= 15 is 0 Å². The van der Waals surface area contributed by atoms with Crippen LogP contribution in [0.5, 0.6) is 0 Å². The minimum atomic E-state index is -0.828. The van der Waals surface area contributed by atoms with Crippen LogP contribution in [0.3, 0.4) is 0 Å². The Hall–Kier alpha value is -3.28. The molecule has 0 bridgehead atoms. The predicted molar refractivity (Wildman–Crippen MR) is 100 cm³/mol. The quantitative estimate of drug-likeness (QED) is 0.757. The van der Waals surface area contributed by atoms with Crippen LogP contribution in [0.25, 0.3) is 6.08 Å². The van der Waals surface area contributed by atoms with Crippen LogP contribution in [0.2, 0.25) is 0 Å². The number of carbonyl (C=O) groups is 3. The van der Waals surface area contributed by atoms with Crippen LogP contribution in [0.15, 0.2) is 54.7 Å². The van der Waals surface area contributed by atoms with Gasteiger partial charge in [-0.2, -0.15) is 0 Å². The molecule has 0 aliphatic carbocycles. The van der Waals surface area contributed by atoms with E-state index in [9.17, 15) is 18.8 Å². The number of anilines is 1. The lowest BCUT2D eigenvalue weighted by Crippen LogP contribution is -2.43. The Kier molecular flexibility index (Phi) is 3.53. The van der Waals surface area contributed by atoms with Crippen molar-refractivity contribution in [2.75, 3.05) is 4.90 Å². The molecule has 0 radical (unpaired) electrons. The van der Waals surface area contributed by atoms with Crippen molar-refractivity contribution in [2.45, 2.75) is 19.0 Å². The molecule has 140 valence electrons. The molecule has 0 spiro atoms. The number of para-hydroxylation sites is 1. The zero-order valence-corrected chi connectivity index (χ0v) is 15.1. The second-order valence-corrected chi connectivity index (χ2v) is 7.41. The normalized spacial score (nSPS) is 27.6. The first kappa shape index (κ1) is 16.9. The van der Waals surface area contributed by atoms with Crippen LogP contribution >= 0.6 is 0 Å². The third kappa shape index (κ3) is 2.08. The summed E-state index contributed by atoms with van der Waals surface area (Å²) in [5.41, 5.74) is 1.80. The summed E-state index contributed by atoms with van der Waals surface area (Å²) in [6.07, 6.45) is 3.69. The highest BCUT2D eigenvalue weighted by Gasteiger charge is 2.64. The van der Waals surface area contributed by atoms with Crippen molar-refractivity contribution in [3.63, 3.8) is 0 Å². The summed E-state index contributed by atoms with van der Waals surface area (Å²) >= 11 is 0. The molecule has 4 atom stereocenters. The fourth-order valence-corrected chi connectivity index (χ4v) is 4.89. The zero-order valence-electron chi connectivity index (χ0n) is 15.1. The van der Waals surface area contributed by atoms with Crippen molar-refractivity contribution in [1.82, 2.24) is 4.90 Å². The van der Waals surface area contributed by atoms with Crippen molar-refractivity contribution in [1.29, 1.82) is 0 Å². The number of hydrogen-bond donors (Lipinski definition) is 0. The molecule has 6 heteroatoms. The molecule has 3 aliphatic rings. The summed E-state index contributed by atoms with van der Waals surface area (Å²) in [5.74, 6) is -3.34. The Bertz CT molecular complexity index is 1060. The Morgan fingerprint density at radius 3 is 2.39 bits per heavy atom. The monoisotopic (exact) mass is 376 g/mol. The highest BCUT2D eigenvalue weighted by molar-refractivity contribution is 6.24. The number of imide groups is 1. The number of fused-ring (bicyclic) bond motifs is 5. The number of amides is 2. The molecule has 2 aromatic carbocycles. The summed E-state index contributed by atoms with van der Waals surface area (Å²) < 4.78 is 14.4. The van der Waals surface area contributed by atoms with Gasteiger partial charge in [0.1, 0.15) is 5.82 Å². The zero-order chi connectivity index (χ0) is 19.6. The molecule has 3 aliphatic heterocycles. The van der Waals surface area contributed by atoms with E-state index in [0.717, 1.165) is 16.0 Å². The molecule has 2 amide bonds. The van der Waals surface area contributed by atoms with Crippen molar-refractivity contribution >= 4 is 29.4 Å². The first-order valence-electron chi connectivity index (χ1n) is 9.18. The molecule has 4 unspecified atom stereocenters. The first-order valence-corrected chi connectivity index (χ1v) is 9.18. The minimum Gasteiger partial charge on any atom is -0.359 e. The summed E-state index contributed by atoms with van der Waals surface area (Å²) in [4.78, 5) is 41.9. The van der Waals surface area contributed by atoms with Crippen molar-refractivity contribution in [2.24, 2.45) is 11.8 Å². The topological polar surface area (TPSA) is 57.7 Å². The van der Waals surface area contributed by atoms with Crippen molar-refractivity contribution in [3.05, 3.63) is 71.7 Å². The molecule has 5 nitrogen and oxygen atoms in total. The number of benzene rings is 2. The molecule has 2 aromatic rings. The van der Waals surface area contributed by atoms with E-state index in [4.69, 9.17) is 0 Å². The van der Waals surface area contributed by atoms with Gasteiger partial charge in [-0.1, -0.05) is 36.4 Å². The largest absolute Gasteiger partial charge is 0.359 e. The highest BCUT2D eigenvalue weighted by Crippen LogP contribution is 2.53. The van der Waals surface area contributed by atoms with Crippen LogP contribution in [0.4, 0.5) is 10.1 Å². The third-order valence-corrected chi connectivity index (χ3v) is 5.97. The molecule has 5 rings (SSSR count). The van der Waals surface area contributed by atoms with E-state index in [2.05, 4.69) is 0 Å². The van der Waals surface area contributed by atoms with Crippen LogP contribution in [0.1, 0.15) is 24.1 Å². The lowest BCUT2D eigenvalue weighted by atomic mass is 9.84. The van der Waals surface area contributed by atoms with Gasteiger partial charge in [0.05, 0.1) is 29.6 Å². The predicted octanol–water partition coefficient (Wildman–Crippen LogP) is 2.93. The van der Waals surface area contributed by atoms with Gasteiger partial charge in [-0.05, 0) is 36.3 Å². The number of nitrogens with zero attached hydrogens (tertiary/aromatic N) is 2. The van der Waals surface area contributed by atoms with Crippen LogP contribution in [-0.4, -0.2) is 28.5 Å². The average Bonchev–Trinajstić information content (AvgIpc) is 3.16. The fourth-order valence-electron chi connectivity index (χ4n) is 4.89. The second kappa shape index (κ2) is 5.86. The smallest absolute Gasteiger partial charge is 0.240 e. The molecular weight excluding hydrogens is 359 g/mol. The summed E-state index contributed by atoms with van der Waals surface area (Å²) in [7, 11) is 0. The van der Waals surface area contributed by atoms with E-state index in [0.29, 0.717) is 0 Å². The highest BCUT2D eigenvalue weighted by atomic mass is 19.1. The maximum absolute atomic E-state index is 14.4. The van der Waals surface area contributed by atoms with Crippen LogP contribution in [0, 0.1) is 17.7 Å². The number of rotatable bonds is 2. The van der Waals surface area contributed by atoms with Gasteiger partial charge in [0.2, 0.25) is 11.8 Å². The third-order valence-electron chi connectivity index (χ3n) is 5.97. The second-order valence-electron chi connectivity index (χ2n) is 7.41. The molecule has 0 saturated carbocycles. The minimum absolute atomic E-state index is 0.0552. The van der Waals surface area contributed by atoms with Crippen LogP contribution < -0.4 is 4.90 Å². The fraction of sp³-hybridized carbons (Fsp3) is 0.227. The standard InChI is InChI=1S/C22H17FN2O3/c1-12(26)19-17-18(20-14-7-3-2-6-13(14)10-11-24(19)20)22(28)25(21(17)27)16-9-5-4-8-15(16)23/h2-11,17-20H,1H3. The Morgan fingerprint density at radius 2 is 1.64 bits per heavy atom. The molecular formula is C22H17FN2O3. The summed E-state index contributed by atoms with van der Waals surface area (Å²) in [6, 6.07) is 12.2. The van der Waals surface area contributed by atoms with Gasteiger partial charge in [-0.3, -0.25) is 14.4 Å². The maximum atomic E-state index is 14.4. The maximum Gasteiger partial charge on any atom is 0.240 e. The van der Waals surface area contributed by atoms with E-state index in [-0.39, 0.29) is 11.5 Å². The summed E-state index contributed by atoms with van der Waals surface area (Å²) in [5, 5.41) is 0. The first-order chi connectivity index (χ1) is 13.5.